The summed E-state index contributed by atoms with van der Waals surface area (Å²) < 4.78 is 4.90. The number of rotatable bonds is 6. The molecule has 1 aliphatic heterocycles. The van der Waals surface area contributed by atoms with Crippen LogP contribution >= 0.6 is 11.8 Å². The van der Waals surface area contributed by atoms with Gasteiger partial charge in [0, 0.05) is 26.0 Å². The summed E-state index contributed by atoms with van der Waals surface area (Å²) in [6, 6.07) is 0. The van der Waals surface area contributed by atoms with Gasteiger partial charge < -0.3 is 14.7 Å². The van der Waals surface area contributed by atoms with E-state index in [-0.39, 0.29) is 11.8 Å². The van der Waals surface area contributed by atoms with E-state index >= 15 is 0 Å². The number of methoxy groups -OCH3 is 1. The maximum absolute atomic E-state index is 11.8. The highest BCUT2D eigenvalue weighted by molar-refractivity contribution is 7.99. The monoisotopic (exact) mass is 261 g/mol. The molecule has 0 atom stereocenters. The Kier molecular flexibility index (Phi) is 6.36. The Bertz CT molecular complexity index is 264. The molecule has 0 radical (unpaired) electrons. The van der Waals surface area contributed by atoms with Crippen LogP contribution in [0.2, 0.25) is 0 Å². The molecule has 17 heavy (non-hydrogen) atoms. The second kappa shape index (κ2) is 7.55. The van der Waals surface area contributed by atoms with Crippen molar-refractivity contribution >= 4 is 23.6 Å². The molecular formula is C11H19NO4S. The number of amides is 1. The molecule has 1 amide bonds. The second-order valence-electron chi connectivity index (χ2n) is 4.04. The minimum absolute atomic E-state index is 0.106. The summed E-state index contributed by atoms with van der Waals surface area (Å²) in [6.07, 6.45) is 1.15. The van der Waals surface area contributed by atoms with Crippen LogP contribution in [0, 0.1) is 5.92 Å². The van der Waals surface area contributed by atoms with Crippen LogP contribution < -0.4 is 0 Å². The lowest BCUT2D eigenvalue weighted by Gasteiger charge is -2.30. The maximum Gasteiger partial charge on any atom is 0.306 e. The number of hydrogen-bond donors (Lipinski definition) is 1. The van der Waals surface area contributed by atoms with Gasteiger partial charge in [-0.1, -0.05) is 0 Å². The Balaban J connectivity index is 2.19. The molecule has 5 nitrogen and oxygen atoms in total. The van der Waals surface area contributed by atoms with Crippen molar-refractivity contribution in [1.82, 2.24) is 4.90 Å². The van der Waals surface area contributed by atoms with Crippen LogP contribution in [0.3, 0.4) is 0 Å². The Hall–Kier alpha value is -0.750. The van der Waals surface area contributed by atoms with E-state index in [0.717, 1.165) is 5.75 Å². The topological polar surface area (TPSA) is 66.8 Å². The van der Waals surface area contributed by atoms with Gasteiger partial charge in [-0.25, -0.2) is 0 Å². The van der Waals surface area contributed by atoms with Gasteiger partial charge in [0.15, 0.2) is 0 Å². The number of thioether (sulfide) groups is 1. The van der Waals surface area contributed by atoms with Crippen molar-refractivity contribution in [1.29, 1.82) is 0 Å². The summed E-state index contributed by atoms with van der Waals surface area (Å²) in [5.74, 6) is 0.358. The standard InChI is InChI=1S/C11H19NO4S/c1-16-6-7-17-8-10(13)12-4-2-9(3-5-12)11(14)15/h9H,2-8H2,1H3,(H,14,15). The molecule has 0 bridgehead atoms. The molecule has 6 heteroatoms. The molecule has 98 valence electrons. The maximum atomic E-state index is 11.8. The lowest BCUT2D eigenvalue weighted by Crippen LogP contribution is -2.41. The first-order valence-corrected chi connectivity index (χ1v) is 6.88. The van der Waals surface area contributed by atoms with Crippen LogP contribution in [0.25, 0.3) is 0 Å². The highest BCUT2D eigenvalue weighted by Crippen LogP contribution is 2.18. The molecule has 0 spiro atoms. The van der Waals surface area contributed by atoms with Gasteiger partial charge in [-0.2, -0.15) is 0 Å². The number of piperidine rings is 1. The molecule has 0 aromatic rings. The van der Waals surface area contributed by atoms with Crippen LogP contribution in [0.4, 0.5) is 0 Å². The van der Waals surface area contributed by atoms with Crippen LogP contribution in [0.15, 0.2) is 0 Å². The number of hydrogen-bond acceptors (Lipinski definition) is 4. The van der Waals surface area contributed by atoms with E-state index in [1.807, 2.05) is 0 Å². The number of aliphatic carboxylic acids is 1. The van der Waals surface area contributed by atoms with Gasteiger partial charge in [0.25, 0.3) is 0 Å². The fraction of sp³-hybridized carbons (Fsp3) is 0.818. The molecule has 1 rings (SSSR count). The van der Waals surface area contributed by atoms with Crippen molar-refractivity contribution in [2.24, 2.45) is 5.92 Å². The van der Waals surface area contributed by atoms with E-state index in [1.54, 1.807) is 23.8 Å². The number of carbonyl (C=O) groups excluding carboxylic acids is 1. The molecule has 1 aliphatic rings. The van der Waals surface area contributed by atoms with E-state index < -0.39 is 5.97 Å². The molecule has 1 N–H and O–H groups in total. The van der Waals surface area contributed by atoms with Gasteiger partial charge in [0.05, 0.1) is 18.3 Å². The minimum Gasteiger partial charge on any atom is -0.481 e. The summed E-state index contributed by atoms with van der Waals surface area (Å²) >= 11 is 1.55. The van der Waals surface area contributed by atoms with Gasteiger partial charge >= 0.3 is 5.97 Å². The number of carboxylic acid groups (broad SMARTS) is 1. The van der Waals surface area contributed by atoms with Crippen molar-refractivity contribution in [2.45, 2.75) is 12.8 Å². The smallest absolute Gasteiger partial charge is 0.306 e. The van der Waals surface area contributed by atoms with Crippen LogP contribution in [0.1, 0.15) is 12.8 Å². The van der Waals surface area contributed by atoms with Crippen molar-refractivity contribution in [3.8, 4) is 0 Å². The molecule has 0 saturated carbocycles. The quantitative estimate of drug-likeness (QED) is 0.713. The van der Waals surface area contributed by atoms with Crippen molar-refractivity contribution in [2.75, 3.05) is 38.3 Å². The van der Waals surface area contributed by atoms with Crippen molar-refractivity contribution < 1.29 is 19.4 Å². The van der Waals surface area contributed by atoms with Gasteiger partial charge in [0.1, 0.15) is 0 Å². The van der Waals surface area contributed by atoms with Gasteiger partial charge in [0.2, 0.25) is 5.91 Å². The normalized spacial score (nSPS) is 17.1. The molecule has 1 heterocycles. The van der Waals surface area contributed by atoms with Crippen LogP contribution in [0.5, 0.6) is 0 Å². The second-order valence-corrected chi connectivity index (χ2v) is 5.14. The van der Waals surface area contributed by atoms with Gasteiger partial charge in [-0.05, 0) is 12.8 Å². The third-order valence-electron chi connectivity index (χ3n) is 2.85. The molecule has 0 aromatic carbocycles. The molecule has 1 saturated heterocycles. The van der Waals surface area contributed by atoms with E-state index in [9.17, 15) is 9.59 Å². The number of ether oxygens (including phenoxy) is 1. The van der Waals surface area contributed by atoms with E-state index in [4.69, 9.17) is 9.84 Å². The first-order valence-electron chi connectivity index (χ1n) is 5.72. The average molecular weight is 261 g/mol. The van der Waals surface area contributed by atoms with E-state index in [0.29, 0.717) is 38.3 Å². The van der Waals surface area contributed by atoms with E-state index in [2.05, 4.69) is 0 Å². The van der Waals surface area contributed by atoms with Crippen molar-refractivity contribution in [3.05, 3.63) is 0 Å². The molecule has 0 unspecified atom stereocenters. The molecule has 0 aromatic heterocycles. The number of nitrogens with zero attached hydrogens (tertiary/aromatic N) is 1. The zero-order valence-corrected chi connectivity index (χ0v) is 10.9. The van der Waals surface area contributed by atoms with Crippen LogP contribution in [-0.2, 0) is 14.3 Å². The fourth-order valence-electron chi connectivity index (χ4n) is 1.77. The SMILES string of the molecule is COCCSCC(=O)N1CCC(C(=O)O)CC1. The Morgan fingerprint density at radius 3 is 2.59 bits per heavy atom. The Labute approximate surface area is 105 Å². The summed E-state index contributed by atoms with van der Waals surface area (Å²) in [7, 11) is 1.64. The zero-order valence-electron chi connectivity index (χ0n) is 10.1. The van der Waals surface area contributed by atoms with Crippen LogP contribution in [-0.4, -0.2) is 60.2 Å². The predicted molar refractivity (Wildman–Crippen MR) is 66.1 cm³/mol. The fourth-order valence-corrected chi connectivity index (χ4v) is 2.55. The number of carbonyl (C=O) groups is 2. The minimum atomic E-state index is -0.744. The number of carboxylic acids is 1. The predicted octanol–water partition coefficient (Wildman–Crippen LogP) is 0.689. The lowest BCUT2D eigenvalue weighted by atomic mass is 9.97. The average Bonchev–Trinajstić information content (AvgIpc) is 2.34. The Morgan fingerprint density at radius 1 is 1.41 bits per heavy atom. The third kappa shape index (κ3) is 4.95. The van der Waals surface area contributed by atoms with Gasteiger partial charge in [-0.15, -0.1) is 11.8 Å². The highest BCUT2D eigenvalue weighted by atomic mass is 32.2. The zero-order chi connectivity index (χ0) is 12.7. The number of likely N-dealkylation sites (tertiary alicyclic amines) is 1. The summed E-state index contributed by atoms with van der Waals surface area (Å²) in [5.41, 5.74) is 0. The first-order chi connectivity index (χ1) is 8.15. The van der Waals surface area contributed by atoms with Gasteiger partial charge in [-0.3, -0.25) is 9.59 Å². The summed E-state index contributed by atoms with van der Waals surface area (Å²) in [5, 5.41) is 8.84. The molecule has 1 fully saturated rings. The summed E-state index contributed by atoms with van der Waals surface area (Å²) in [4.78, 5) is 24.3. The Morgan fingerprint density at radius 2 is 2.06 bits per heavy atom. The first kappa shape index (κ1) is 14.3. The largest absolute Gasteiger partial charge is 0.481 e. The van der Waals surface area contributed by atoms with Crippen molar-refractivity contribution in [3.63, 3.8) is 0 Å². The van der Waals surface area contributed by atoms with E-state index in [1.165, 1.54) is 0 Å². The third-order valence-corrected chi connectivity index (χ3v) is 3.76. The summed E-state index contributed by atoms with van der Waals surface area (Å²) in [6.45, 7) is 1.79. The highest BCUT2D eigenvalue weighted by Gasteiger charge is 2.26. The molecule has 0 aliphatic carbocycles. The lowest BCUT2D eigenvalue weighted by molar-refractivity contribution is -0.145. The molecular weight excluding hydrogens is 242 g/mol.